The molecule has 2 aliphatic heterocycles. The molecule has 3 atom stereocenters. The number of rotatable bonds is 3. The van der Waals surface area contributed by atoms with Crippen LogP contribution in [0.15, 0.2) is 0 Å². The van der Waals surface area contributed by atoms with Crippen molar-refractivity contribution in [2.45, 2.75) is 88.5 Å². The third-order valence-corrected chi connectivity index (χ3v) is 6.46. The van der Waals surface area contributed by atoms with Crippen LogP contribution in [-0.2, 0) is 4.74 Å². The van der Waals surface area contributed by atoms with E-state index in [2.05, 4.69) is 17.1 Å². The SMILES string of the molecule is CC1CNC(C2CC2)CN1CC1CCC2(CCCCC2)O1. The maximum atomic E-state index is 6.59. The van der Waals surface area contributed by atoms with Crippen LogP contribution in [0.2, 0.25) is 0 Å². The first-order chi connectivity index (χ1) is 10.2. The lowest BCUT2D eigenvalue weighted by Gasteiger charge is -2.41. The lowest BCUT2D eigenvalue weighted by Crippen LogP contribution is -2.57. The fourth-order valence-corrected chi connectivity index (χ4v) is 4.87. The summed E-state index contributed by atoms with van der Waals surface area (Å²) in [4.78, 5) is 2.71. The van der Waals surface area contributed by atoms with E-state index < -0.39 is 0 Å². The third kappa shape index (κ3) is 3.16. The standard InChI is InChI=1S/C18H32N2O/c1-14-11-19-17(15-5-6-15)13-20(14)12-16-7-10-18(21-16)8-3-2-4-9-18/h14-17,19H,2-13H2,1H3. The van der Waals surface area contributed by atoms with Gasteiger partial charge < -0.3 is 10.1 Å². The largest absolute Gasteiger partial charge is 0.370 e. The van der Waals surface area contributed by atoms with Crippen LogP contribution in [0.25, 0.3) is 0 Å². The molecule has 3 nitrogen and oxygen atoms in total. The van der Waals surface area contributed by atoms with E-state index in [1.165, 1.54) is 77.4 Å². The Hall–Kier alpha value is -0.120. The fraction of sp³-hybridized carbons (Fsp3) is 1.00. The Morgan fingerprint density at radius 3 is 2.67 bits per heavy atom. The molecule has 2 saturated heterocycles. The average Bonchev–Trinajstić information content (AvgIpc) is 3.27. The molecule has 4 aliphatic rings. The summed E-state index contributed by atoms with van der Waals surface area (Å²) in [6.45, 7) is 5.97. The molecule has 0 aromatic carbocycles. The van der Waals surface area contributed by atoms with Crippen molar-refractivity contribution in [1.29, 1.82) is 0 Å². The van der Waals surface area contributed by atoms with Crippen molar-refractivity contribution < 1.29 is 4.74 Å². The first-order valence-electron chi connectivity index (χ1n) is 9.39. The van der Waals surface area contributed by atoms with E-state index >= 15 is 0 Å². The second-order valence-corrected chi connectivity index (χ2v) is 8.18. The molecule has 0 radical (unpaired) electrons. The molecule has 4 rings (SSSR count). The first kappa shape index (κ1) is 14.5. The van der Waals surface area contributed by atoms with E-state index in [4.69, 9.17) is 4.74 Å². The Morgan fingerprint density at radius 2 is 1.90 bits per heavy atom. The van der Waals surface area contributed by atoms with Gasteiger partial charge in [0.15, 0.2) is 0 Å². The van der Waals surface area contributed by atoms with Gasteiger partial charge in [-0.15, -0.1) is 0 Å². The molecule has 0 aromatic heterocycles. The molecule has 0 amide bonds. The van der Waals surface area contributed by atoms with Gasteiger partial charge in [-0.25, -0.2) is 0 Å². The van der Waals surface area contributed by atoms with Gasteiger partial charge in [0.2, 0.25) is 0 Å². The molecule has 2 saturated carbocycles. The summed E-state index contributed by atoms with van der Waals surface area (Å²) in [5, 5.41) is 3.76. The van der Waals surface area contributed by atoms with Crippen molar-refractivity contribution in [1.82, 2.24) is 10.2 Å². The van der Waals surface area contributed by atoms with Crippen LogP contribution in [0.4, 0.5) is 0 Å². The van der Waals surface area contributed by atoms with Crippen molar-refractivity contribution in [3.8, 4) is 0 Å². The Bertz CT molecular complexity index is 362. The molecule has 21 heavy (non-hydrogen) atoms. The van der Waals surface area contributed by atoms with Gasteiger partial charge in [0.25, 0.3) is 0 Å². The van der Waals surface area contributed by atoms with Crippen molar-refractivity contribution in [3.05, 3.63) is 0 Å². The van der Waals surface area contributed by atoms with Crippen LogP contribution < -0.4 is 5.32 Å². The van der Waals surface area contributed by atoms with Crippen LogP contribution in [0.1, 0.15) is 64.7 Å². The zero-order valence-electron chi connectivity index (χ0n) is 13.7. The van der Waals surface area contributed by atoms with Crippen molar-refractivity contribution in [2.75, 3.05) is 19.6 Å². The zero-order chi connectivity index (χ0) is 14.3. The number of hydrogen-bond acceptors (Lipinski definition) is 3. The van der Waals surface area contributed by atoms with E-state index in [9.17, 15) is 0 Å². The summed E-state index contributed by atoms with van der Waals surface area (Å²) in [5.41, 5.74) is 0.288. The second-order valence-electron chi connectivity index (χ2n) is 8.18. The molecule has 3 unspecified atom stereocenters. The Morgan fingerprint density at radius 1 is 1.10 bits per heavy atom. The third-order valence-electron chi connectivity index (χ3n) is 6.46. The number of nitrogens with zero attached hydrogens (tertiary/aromatic N) is 1. The summed E-state index contributed by atoms with van der Waals surface area (Å²) in [6.07, 6.45) is 12.9. The highest BCUT2D eigenvalue weighted by Crippen LogP contribution is 2.42. The lowest BCUT2D eigenvalue weighted by atomic mass is 9.83. The van der Waals surface area contributed by atoms with Crippen molar-refractivity contribution >= 4 is 0 Å². The molecule has 0 bridgehead atoms. The number of nitrogens with one attached hydrogen (secondary N) is 1. The molecule has 4 fully saturated rings. The summed E-state index contributed by atoms with van der Waals surface area (Å²) in [6, 6.07) is 1.43. The van der Waals surface area contributed by atoms with E-state index in [1.54, 1.807) is 0 Å². The first-order valence-corrected chi connectivity index (χ1v) is 9.39. The van der Waals surface area contributed by atoms with Gasteiger partial charge in [0.05, 0.1) is 11.7 Å². The molecular formula is C18H32N2O. The molecule has 1 N–H and O–H groups in total. The maximum absolute atomic E-state index is 6.59. The molecule has 1 spiro atoms. The highest BCUT2D eigenvalue weighted by molar-refractivity contribution is 4.96. The zero-order valence-corrected chi connectivity index (χ0v) is 13.7. The van der Waals surface area contributed by atoms with Gasteiger partial charge >= 0.3 is 0 Å². The second kappa shape index (κ2) is 5.82. The fourth-order valence-electron chi connectivity index (χ4n) is 4.87. The van der Waals surface area contributed by atoms with Crippen molar-refractivity contribution in [2.24, 2.45) is 5.92 Å². The topological polar surface area (TPSA) is 24.5 Å². The van der Waals surface area contributed by atoms with Gasteiger partial charge in [-0.1, -0.05) is 19.3 Å². The monoisotopic (exact) mass is 292 g/mol. The van der Waals surface area contributed by atoms with Crippen LogP contribution >= 0.6 is 0 Å². The van der Waals surface area contributed by atoms with Gasteiger partial charge in [0.1, 0.15) is 0 Å². The van der Waals surface area contributed by atoms with E-state index in [0.29, 0.717) is 12.1 Å². The van der Waals surface area contributed by atoms with Gasteiger partial charge in [-0.3, -0.25) is 4.90 Å². The smallest absolute Gasteiger partial charge is 0.0710 e. The minimum absolute atomic E-state index is 0.288. The Labute approximate surface area is 129 Å². The number of hydrogen-bond donors (Lipinski definition) is 1. The normalized spacial score (nSPS) is 40.7. The molecule has 2 heterocycles. The van der Waals surface area contributed by atoms with Crippen LogP contribution in [0.5, 0.6) is 0 Å². The minimum Gasteiger partial charge on any atom is -0.370 e. The van der Waals surface area contributed by atoms with Crippen LogP contribution in [0, 0.1) is 5.92 Å². The lowest BCUT2D eigenvalue weighted by molar-refractivity contribution is -0.0768. The summed E-state index contributed by atoms with van der Waals surface area (Å²) < 4.78 is 6.59. The predicted molar refractivity (Wildman–Crippen MR) is 85.5 cm³/mol. The Balaban J connectivity index is 1.32. The average molecular weight is 292 g/mol. The van der Waals surface area contributed by atoms with Gasteiger partial charge in [-0.05, 0) is 51.4 Å². The van der Waals surface area contributed by atoms with Crippen LogP contribution in [-0.4, -0.2) is 48.3 Å². The highest BCUT2D eigenvalue weighted by atomic mass is 16.5. The summed E-state index contributed by atoms with van der Waals surface area (Å²) in [5.74, 6) is 0.967. The molecular weight excluding hydrogens is 260 g/mol. The van der Waals surface area contributed by atoms with E-state index in [-0.39, 0.29) is 5.60 Å². The van der Waals surface area contributed by atoms with E-state index in [0.717, 1.165) is 12.0 Å². The molecule has 0 aromatic rings. The predicted octanol–water partition coefficient (Wildman–Crippen LogP) is 2.94. The summed E-state index contributed by atoms with van der Waals surface area (Å²) >= 11 is 0. The van der Waals surface area contributed by atoms with Gasteiger partial charge in [-0.2, -0.15) is 0 Å². The van der Waals surface area contributed by atoms with Crippen LogP contribution in [0.3, 0.4) is 0 Å². The van der Waals surface area contributed by atoms with Gasteiger partial charge in [0, 0.05) is 31.7 Å². The van der Waals surface area contributed by atoms with E-state index in [1.807, 2.05) is 0 Å². The highest BCUT2D eigenvalue weighted by Gasteiger charge is 2.42. The number of ether oxygens (including phenoxy) is 1. The quantitative estimate of drug-likeness (QED) is 0.865. The molecule has 3 heteroatoms. The summed E-state index contributed by atoms with van der Waals surface area (Å²) in [7, 11) is 0. The Kier molecular flexibility index (Phi) is 4.01. The molecule has 2 aliphatic carbocycles. The maximum Gasteiger partial charge on any atom is 0.0710 e. The van der Waals surface area contributed by atoms with Crippen molar-refractivity contribution in [3.63, 3.8) is 0 Å². The number of piperazine rings is 1. The molecule has 120 valence electrons. The minimum atomic E-state index is 0.288.